The molecule has 1 aliphatic carbocycles. The molecule has 116 valence electrons. The maximum Gasteiger partial charge on any atom is 0.283 e. The second kappa shape index (κ2) is 6.06. The molecule has 4 unspecified atom stereocenters. The van der Waals surface area contributed by atoms with Crippen molar-refractivity contribution in [2.75, 3.05) is 11.9 Å². The van der Waals surface area contributed by atoms with E-state index in [-0.39, 0.29) is 23.7 Å². The van der Waals surface area contributed by atoms with Crippen LogP contribution in [0.2, 0.25) is 0 Å². The van der Waals surface area contributed by atoms with Gasteiger partial charge in [-0.15, -0.1) is 0 Å². The molecule has 4 atom stereocenters. The standard InChI is InChI=1S/C14H21BrN4O2/c1-2-3-5-19-14(20)10(15)9(7-17-19)18-12-11(16)8-4-6-21-13(8)12/h7-8,11-13,18H,2-6,16H2,1H3. The molecule has 0 aromatic carbocycles. The Bertz CT molecular complexity index is 577. The number of halogens is 1. The van der Waals surface area contributed by atoms with E-state index >= 15 is 0 Å². The molecule has 3 N–H and O–H groups in total. The summed E-state index contributed by atoms with van der Waals surface area (Å²) in [7, 11) is 0. The summed E-state index contributed by atoms with van der Waals surface area (Å²) in [5.74, 6) is 0.444. The molecule has 0 radical (unpaired) electrons. The molecule has 21 heavy (non-hydrogen) atoms. The van der Waals surface area contributed by atoms with Crippen molar-refractivity contribution in [3.8, 4) is 0 Å². The van der Waals surface area contributed by atoms with Gasteiger partial charge in [0.1, 0.15) is 4.47 Å². The average Bonchev–Trinajstić information content (AvgIpc) is 2.92. The lowest BCUT2D eigenvalue weighted by molar-refractivity contribution is 0.00533. The van der Waals surface area contributed by atoms with E-state index < -0.39 is 0 Å². The quantitative estimate of drug-likeness (QED) is 0.831. The number of nitrogens with zero attached hydrogens (tertiary/aromatic N) is 2. The first-order chi connectivity index (χ1) is 10.1. The molecule has 6 nitrogen and oxygen atoms in total. The van der Waals surface area contributed by atoms with Gasteiger partial charge in [0, 0.05) is 25.1 Å². The Morgan fingerprint density at radius 1 is 1.62 bits per heavy atom. The Labute approximate surface area is 132 Å². The lowest BCUT2D eigenvalue weighted by Gasteiger charge is -2.46. The first-order valence-electron chi connectivity index (χ1n) is 7.52. The molecule has 2 heterocycles. The van der Waals surface area contributed by atoms with Crippen LogP contribution in [0.1, 0.15) is 26.2 Å². The van der Waals surface area contributed by atoms with Crippen molar-refractivity contribution in [1.29, 1.82) is 0 Å². The Hall–Kier alpha value is -0.920. The molecule has 1 saturated heterocycles. The minimum absolute atomic E-state index is 0.0569. The number of hydrogen-bond donors (Lipinski definition) is 2. The predicted octanol–water partition coefficient (Wildman–Crippen LogP) is 1.33. The van der Waals surface area contributed by atoms with E-state index in [1.165, 1.54) is 4.68 Å². The number of aryl methyl sites for hydroxylation is 1. The largest absolute Gasteiger partial charge is 0.376 e. The van der Waals surface area contributed by atoms with Crippen molar-refractivity contribution in [2.24, 2.45) is 11.7 Å². The van der Waals surface area contributed by atoms with Crippen LogP contribution in [-0.2, 0) is 11.3 Å². The van der Waals surface area contributed by atoms with Crippen molar-refractivity contribution in [3.05, 3.63) is 21.0 Å². The van der Waals surface area contributed by atoms with Gasteiger partial charge in [-0.05, 0) is 28.8 Å². The Morgan fingerprint density at radius 3 is 3.19 bits per heavy atom. The maximum atomic E-state index is 12.2. The lowest BCUT2D eigenvalue weighted by atomic mass is 9.72. The number of anilines is 1. The van der Waals surface area contributed by atoms with Gasteiger partial charge in [-0.1, -0.05) is 13.3 Å². The molecule has 1 saturated carbocycles. The fraction of sp³-hybridized carbons (Fsp3) is 0.714. The molecule has 2 aliphatic rings. The number of rotatable bonds is 5. The van der Waals surface area contributed by atoms with E-state index in [4.69, 9.17) is 10.5 Å². The number of nitrogens with one attached hydrogen (secondary N) is 1. The average molecular weight is 357 g/mol. The van der Waals surface area contributed by atoms with Crippen molar-refractivity contribution < 1.29 is 4.74 Å². The minimum Gasteiger partial charge on any atom is -0.376 e. The molecule has 0 amide bonds. The van der Waals surface area contributed by atoms with Gasteiger partial charge in [-0.25, -0.2) is 4.68 Å². The van der Waals surface area contributed by atoms with Crippen LogP contribution in [0.15, 0.2) is 15.5 Å². The molecule has 1 aliphatic heterocycles. The highest BCUT2D eigenvalue weighted by Gasteiger charge is 2.52. The van der Waals surface area contributed by atoms with Gasteiger partial charge < -0.3 is 15.8 Å². The van der Waals surface area contributed by atoms with Crippen molar-refractivity contribution >= 4 is 21.6 Å². The summed E-state index contributed by atoms with van der Waals surface area (Å²) in [5, 5.41) is 7.55. The maximum absolute atomic E-state index is 12.2. The minimum atomic E-state index is -0.106. The molecule has 0 spiro atoms. The third-order valence-corrected chi connectivity index (χ3v) is 5.24. The summed E-state index contributed by atoms with van der Waals surface area (Å²) in [6.45, 7) is 3.51. The zero-order valence-corrected chi connectivity index (χ0v) is 13.7. The Balaban J connectivity index is 1.74. The van der Waals surface area contributed by atoms with E-state index in [1.54, 1.807) is 6.20 Å². The van der Waals surface area contributed by atoms with Crippen LogP contribution >= 0.6 is 15.9 Å². The molecular weight excluding hydrogens is 336 g/mol. The molecular formula is C14H21BrN4O2. The molecule has 1 aromatic heterocycles. The predicted molar refractivity (Wildman–Crippen MR) is 84.3 cm³/mol. The zero-order chi connectivity index (χ0) is 15.0. The van der Waals surface area contributed by atoms with Crippen molar-refractivity contribution in [1.82, 2.24) is 9.78 Å². The first-order valence-corrected chi connectivity index (χ1v) is 8.32. The summed E-state index contributed by atoms with van der Waals surface area (Å²) in [6, 6.07) is 0.133. The summed E-state index contributed by atoms with van der Waals surface area (Å²) >= 11 is 3.38. The fourth-order valence-electron chi connectivity index (χ4n) is 3.14. The van der Waals surface area contributed by atoms with Crippen LogP contribution in [0.25, 0.3) is 0 Å². The molecule has 3 rings (SSSR count). The van der Waals surface area contributed by atoms with E-state index in [2.05, 4.69) is 33.3 Å². The van der Waals surface area contributed by atoms with Crippen molar-refractivity contribution in [3.63, 3.8) is 0 Å². The van der Waals surface area contributed by atoms with Gasteiger partial charge in [0.15, 0.2) is 0 Å². The first kappa shape index (κ1) is 15.0. The molecule has 1 aromatic rings. The van der Waals surface area contributed by atoms with Crippen LogP contribution < -0.4 is 16.6 Å². The van der Waals surface area contributed by atoms with Crippen LogP contribution in [0, 0.1) is 5.92 Å². The van der Waals surface area contributed by atoms with E-state index in [0.29, 0.717) is 22.6 Å². The number of aromatic nitrogens is 2. The summed E-state index contributed by atoms with van der Waals surface area (Å²) in [4.78, 5) is 12.2. The van der Waals surface area contributed by atoms with Gasteiger partial charge in [0.2, 0.25) is 0 Å². The smallest absolute Gasteiger partial charge is 0.283 e. The van der Waals surface area contributed by atoms with Gasteiger partial charge >= 0.3 is 0 Å². The summed E-state index contributed by atoms with van der Waals surface area (Å²) < 4.78 is 7.70. The number of hydrogen-bond acceptors (Lipinski definition) is 5. The normalized spacial score (nSPS) is 30.8. The van der Waals surface area contributed by atoms with Crippen LogP contribution in [0.5, 0.6) is 0 Å². The molecule has 7 heteroatoms. The van der Waals surface area contributed by atoms with Crippen molar-refractivity contribution in [2.45, 2.75) is 50.9 Å². The molecule has 2 fully saturated rings. The van der Waals surface area contributed by atoms with E-state index in [9.17, 15) is 4.79 Å². The second-order valence-corrected chi connectivity index (χ2v) is 6.58. The summed E-state index contributed by atoms with van der Waals surface area (Å²) in [5.41, 5.74) is 6.77. The van der Waals surface area contributed by atoms with E-state index in [1.807, 2.05) is 0 Å². The van der Waals surface area contributed by atoms with Crippen LogP contribution in [-0.4, -0.2) is 34.6 Å². The fourth-order valence-corrected chi connectivity index (χ4v) is 3.56. The third kappa shape index (κ3) is 2.62. The van der Waals surface area contributed by atoms with Gasteiger partial charge in [-0.3, -0.25) is 4.79 Å². The number of nitrogens with two attached hydrogens (primary N) is 1. The van der Waals surface area contributed by atoms with E-state index in [0.717, 1.165) is 25.9 Å². The zero-order valence-electron chi connectivity index (χ0n) is 12.1. The Kier molecular flexibility index (Phi) is 4.33. The topological polar surface area (TPSA) is 82.2 Å². The highest BCUT2D eigenvalue weighted by Crippen LogP contribution is 2.39. The lowest BCUT2D eigenvalue weighted by Crippen LogP contribution is -2.65. The van der Waals surface area contributed by atoms with Crippen LogP contribution in [0.3, 0.4) is 0 Å². The number of fused-ring (bicyclic) bond motifs is 1. The van der Waals surface area contributed by atoms with Crippen LogP contribution in [0.4, 0.5) is 5.69 Å². The summed E-state index contributed by atoms with van der Waals surface area (Å²) in [6.07, 6.45) is 4.85. The Morgan fingerprint density at radius 2 is 2.43 bits per heavy atom. The number of ether oxygens (including phenoxy) is 1. The highest BCUT2D eigenvalue weighted by atomic mass is 79.9. The highest BCUT2D eigenvalue weighted by molar-refractivity contribution is 9.10. The third-order valence-electron chi connectivity index (χ3n) is 4.48. The van der Waals surface area contributed by atoms with Gasteiger partial charge in [0.05, 0.1) is 24.0 Å². The number of unbranched alkanes of at least 4 members (excludes halogenated alkanes) is 1. The molecule has 0 bridgehead atoms. The SMILES string of the molecule is CCCCn1ncc(NC2C(N)C3CCOC32)c(Br)c1=O. The van der Waals surface area contributed by atoms with Gasteiger partial charge in [-0.2, -0.15) is 5.10 Å². The van der Waals surface area contributed by atoms with Gasteiger partial charge in [0.25, 0.3) is 5.56 Å². The second-order valence-electron chi connectivity index (χ2n) is 5.79. The monoisotopic (exact) mass is 356 g/mol.